The third-order valence-electron chi connectivity index (χ3n) is 8.03. The number of aryl methyl sites for hydroxylation is 1. The molecule has 0 aliphatic rings. The molecular formula is C41H38GeIrN2O-2. The topological polar surface area (TPSA) is 38.9 Å². The SMILES string of the molecule is Cc1cc(-c2[c-]cccc2)nc[c]1[Ge]([CH3])([CH3])[CH3].[2H]C(C)(C)c1ccnc(-c2[c-]cc3c(c2)oc2c(-c4ccccc4)cccc23)c1.[Ir]. The van der Waals surface area contributed by atoms with Gasteiger partial charge < -0.3 is 9.40 Å². The van der Waals surface area contributed by atoms with Crippen molar-refractivity contribution < 1.29 is 25.9 Å². The van der Waals surface area contributed by atoms with Crippen molar-refractivity contribution in [1.29, 1.82) is 0 Å². The van der Waals surface area contributed by atoms with Crippen molar-refractivity contribution in [3.8, 4) is 33.6 Å². The summed E-state index contributed by atoms with van der Waals surface area (Å²) in [7, 11) is 0. The summed E-state index contributed by atoms with van der Waals surface area (Å²) >= 11 is -1.77. The van der Waals surface area contributed by atoms with Gasteiger partial charge in [0, 0.05) is 33.2 Å². The molecule has 4 aromatic carbocycles. The van der Waals surface area contributed by atoms with Crippen molar-refractivity contribution >= 4 is 39.6 Å². The number of rotatable bonds is 5. The summed E-state index contributed by atoms with van der Waals surface area (Å²) in [6.07, 6.45) is 3.83. The maximum atomic E-state index is 8.29. The van der Waals surface area contributed by atoms with Gasteiger partial charge in [-0.2, -0.15) is 0 Å². The number of furan rings is 1. The van der Waals surface area contributed by atoms with Gasteiger partial charge >= 0.3 is 106 Å². The smallest absolute Gasteiger partial charge is 0.131 e. The van der Waals surface area contributed by atoms with Crippen molar-refractivity contribution in [1.82, 2.24) is 9.97 Å². The molecule has 3 aromatic heterocycles. The number of para-hydroxylation sites is 1. The Morgan fingerprint density at radius 3 is 2.24 bits per heavy atom. The van der Waals surface area contributed by atoms with Crippen LogP contribution in [0.15, 0.2) is 120 Å². The van der Waals surface area contributed by atoms with Gasteiger partial charge in [0.2, 0.25) is 0 Å². The first-order valence-electron chi connectivity index (χ1n) is 15.8. The van der Waals surface area contributed by atoms with Gasteiger partial charge in [-0.05, 0) is 28.6 Å². The zero-order valence-corrected chi connectivity index (χ0v) is 31.6. The molecule has 5 heteroatoms. The quantitative estimate of drug-likeness (QED) is 0.128. The largest absolute Gasteiger partial charge is 0.476 e. The molecule has 0 saturated carbocycles. The molecule has 0 bridgehead atoms. The van der Waals surface area contributed by atoms with Gasteiger partial charge in [-0.25, -0.2) is 0 Å². The second-order valence-corrected chi connectivity index (χ2v) is 23.2. The van der Waals surface area contributed by atoms with Crippen molar-refractivity contribution in [2.75, 3.05) is 0 Å². The van der Waals surface area contributed by atoms with Crippen LogP contribution >= 0.6 is 0 Å². The van der Waals surface area contributed by atoms with Gasteiger partial charge in [0.25, 0.3) is 0 Å². The van der Waals surface area contributed by atoms with Crippen molar-refractivity contribution in [2.45, 2.75) is 43.9 Å². The third-order valence-corrected chi connectivity index (χ3v) is 12.5. The molecule has 0 spiro atoms. The normalized spacial score (nSPS) is 11.8. The molecule has 7 rings (SSSR count). The Labute approximate surface area is 290 Å². The number of benzene rings is 4. The molecule has 0 unspecified atom stereocenters. The Morgan fingerprint density at radius 2 is 1.54 bits per heavy atom. The van der Waals surface area contributed by atoms with Crippen molar-refractivity contribution in [3.63, 3.8) is 0 Å². The van der Waals surface area contributed by atoms with Crippen molar-refractivity contribution in [2.24, 2.45) is 0 Å². The van der Waals surface area contributed by atoms with E-state index in [4.69, 9.17) is 5.79 Å². The molecule has 0 aliphatic carbocycles. The molecule has 1 radical (unpaired) electrons. The van der Waals surface area contributed by atoms with Crippen LogP contribution < -0.4 is 4.40 Å². The molecule has 0 atom stereocenters. The molecular weight excluding hydrogens is 801 g/mol. The van der Waals surface area contributed by atoms with Crippen LogP contribution in [-0.4, -0.2) is 23.2 Å². The summed E-state index contributed by atoms with van der Waals surface area (Å²) in [6.45, 7) is 5.95. The number of hydrogen-bond acceptors (Lipinski definition) is 3. The minimum absolute atomic E-state index is 0. The van der Waals surface area contributed by atoms with E-state index in [2.05, 4.69) is 95.0 Å². The molecule has 3 heterocycles. The van der Waals surface area contributed by atoms with E-state index < -0.39 is 19.2 Å². The summed E-state index contributed by atoms with van der Waals surface area (Å²) in [6, 6.07) is 41.1. The maximum absolute atomic E-state index is 8.29. The average Bonchev–Trinajstić information content (AvgIpc) is 3.43. The van der Waals surface area contributed by atoms with Crippen LogP contribution in [0.4, 0.5) is 0 Å². The van der Waals surface area contributed by atoms with E-state index in [-0.39, 0.29) is 20.1 Å². The van der Waals surface area contributed by atoms with E-state index in [1.165, 1.54) is 9.96 Å². The molecule has 0 fully saturated rings. The van der Waals surface area contributed by atoms with E-state index >= 15 is 0 Å². The minimum Gasteiger partial charge on any atom is -0.476 e. The van der Waals surface area contributed by atoms with Crippen molar-refractivity contribution in [3.05, 3.63) is 139 Å². The van der Waals surface area contributed by atoms with Crippen LogP contribution in [0.5, 0.6) is 0 Å². The van der Waals surface area contributed by atoms with E-state index in [9.17, 15) is 0 Å². The molecule has 3 nitrogen and oxygen atoms in total. The second-order valence-electron chi connectivity index (χ2n) is 12.6. The van der Waals surface area contributed by atoms with Crippen LogP contribution in [0.1, 0.15) is 32.2 Å². The van der Waals surface area contributed by atoms with E-state index in [0.29, 0.717) is 0 Å². The maximum Gasteiger partial charge on any atom is 0.131 e. The zero-order valence-electron chi connectivity index (χ0n) is 28.1. The number of fused-ring (bicyclic) bond motifs is 3. The Hall–Kier alpha value is -3.83. The molecule has 0 amide bonds. The molecule has 46 heavy (non-hydrogen) atoms. The Kier molecular flexibility index (Phi) is 9.98. The molecule has 0 aliphatic heterocycles. The predicted molar refractivity (Wildman–Crippen MR) is 192 cm³/mol. The standard InChI is InChI=1S/C26H20NO.C15H18GeN.Ir/c1-17(2)19-13-14-27-24(15-19)20-11-12-22-23-10-6-9-21(18-7-4-3-5-8-18)26(23)28-25(22)16-20;1-12-10-15(13-8-6-5-7-9-13)17-11-14(12)16(2,3)4;/h3-10,12-17H,1-2H3;5-8,10-11H,1-4H3;/q2*-1;/i17D;;. The average molecular weight is 841 g/mol. The fourth-order valence-electron chi connectivity index (χ4n) is 5.66. The van der Waals surface area contributed by atoms with Crippen LogP contribution in [0.3, 0.4) is 0 Å². The monoisotopic (exact) mass is 842 g/mol. The van der Waals surface area contributed by atoms with Crippen LogP contribution in [0.25, 0.3) is 55.6 Å². The summed E-state index contributed by atoms with van der Waals surface area (Å²) in [5.41, 5.74) is 9.97. The first kappa shape index (κ1) is 32.1. The summed E-state index contributed by atoms with van der Waals surface area (Å²) in [4.78, 5) is 9.08. The minimum atomic E-state index is -1.77. The van der Waals surface area contributed by atoms with Crippen LogP contribution in [0, 0.1) is 19.1 Å². The number of aromatic nitrogens is 2. The van der Waals surface area contributed by atoms with Gasteiger partial charge in [0.15, 0.2) is 0 Å². The number of pyridine rings is 2. The van der Waals surface area contributed by atoms with Gasteiger partial charge in [0.05, 0.1) is 5.58 Å². The first-order valence-corrected chi connectivity index (χ1v) is 22.7. The van der Waals surface area contributed by atoms with E-state index in [0.717, 1.165) is 61.1 Å². The Balaban J connectivity index is 0.000000207. The van der Waals surface area contributed by atoms with Gasteiger partial charge in [0.1, 0.15) is 5.58 Å². The number of hydrogen-bond donors (Lipinski definition) is 0. The summed E-state index contributed by atoms with van der Waals surface area (Å²) < 4.78 is 16.1. The third kappa shape index (κ3) is 7.26. The summed E-state index contributed by atoms with van der Waals surface area (Å²) in [5, 5.41) is 2.12. The van der Waals surface area contributed by atoms with Crippen LogP contribution in [0.2, 0.25) is 17.3 Å². The predicted octanol–water partition coefficient (Wildman–Crippen LogP) is 10.6. The van der Waals surface area contributed by atoms with E-state index in [1.807, 2.05) is 74.5 Å². The Morgan fingerprint density at radius 1 is 0.783 bits per heavy atom. The van der Waals surface area contributed by atoms with Crippen LogP contribution in [-0.2, 0) is 20.1 Å². The fourth-order valence-corrected chi connectivity index (χ4v) is 9.24. The number of nitrogens with zero attached hydrogens (tertiary/aromatic N) is 2. The first-order chi connectivity index (χ1) is 22.0. The van der Waals surface area contributed by atoms with E-state index in [1.54, 1.807) is 6.20 Å². The summed E-state index contributed by atoms with van der Waals surface area (Å²) in [5.74, 6) is 6.53. The fraction of sp³-hybridized carbons (Fsp3) is 0.171. The second kappa shape index (κ2) is 14.3. The molecule has 7 aromatic rings. The van der Waals surface area contributed by atoms with Gasteiger partial charge in [-0.15, -0.1) is 17.7 Å². The van der Waals surface area contributed by atoms with Gasteiger partial charge in [-0.3, -0.25) is 0 Å². The van der Waals surface area contributed by atoms with Gasteiger partial charge in [-0.1, -0.05) is 85.5 Å². The Bertz CT molecular complexity index is 2130. The molecule has 233 valence electrons. The molecule has 0 N–H and O–H groups in total. The zero-order chi connectivity index (χ0) is 32.5. The molecule has 0 saturated heterocycles.